The van der Waals surface area contributed by atoms with E-state index in [1.807, 2.05) is 36.4 Å². The summed E-state index contributed by atoms with van der Waals surface area (Å²) in [7, 11) is -6.03. The van der Waals surface area contributed by atoms with Crippen molar-refractivity contribution >= 4 is 44.7 Å². The molecule has 0 spiro atoms. The molecular formula is C22H24N6O6P2. The number of aromatic nitrogens is 4. The van der Waals surface area contributed by atoms with E-state index in [4.69, 9.17) is 0 Å². The largest absolute Gasteiger partial charge is 0.508 e. The number of nitrogens with zero attached hydrogens (tertiary/aromatic N) is 4. The highest BCUT2D eigenvalue weighted by molar-refractivity contribution is 7.63. The first-order valence-corrected chi connectivity index (χ1v) is 13.3. The average molecular weight is 530 g/mol. The molecule has 4 aromatic rings. The summed E-state index contributed by atoms with van der Waals surface area (Å²) in [5, 5.41) is 23.4. The monoisotopic (exact) mass is 530 g/mol. The van der Waals surface area contributed by atoms with Crippen molar-refractivity contribution in [1.29, 1.82) is 0 Å². The predicted octanol–water partition coefficient (Wildman–Crippen LogP) is 3.63. The zero-order chi connectivity index (χ0) is 25.8. The van der Waals surface area contributed by atoms with Crippen molar-refractivity contribution in [2.24, 2.45) is 0 Å². The van der Waals surface area contributed by atoms with Gasteiger partial charge in [0.15, 0.2) is 17.0 Å². The van der Waals surface area contributed by atoms with Gasteiger partial charge in [-0.2, -0.15) is 9.97 Å². The number of hydrogen-bond donors (Lipinski definition) is 6. The third-order valence-electron chi connectivity index (χ3n) is 5.35. The molecule has 0 saturated heterocycles. The zero-order valence-electron chi connectivity index (χ0n) is 18.9. The Bertz CT molecular complexity index is 1410. The molecule has 2 aromatic carbocycles. The normalized spacial score (nSPS) is 13.5. The molecule has 4 rings (SSSR count). The minimum Gasteiger partial charge on any atom is -0.508 e. The van der Waals surface area contributed by atoms with Gasteiger partial charge in [0.25, 0.3) is 0 Å². The lowest BCUT2D eigenvalue weighted by Crippen LogP contribution is -2.22. The zero-order valence-corrected chi connectivity index (χ0v) is 20.7. The highest BCUT2D eigenvalue weighted by atomic mass is 31.2. The number of phenols is 1. The van der Waals surface area contributed by atoms with E-state index >= 15 is 0 Å². The number of aromatic hydroxyl groups is 1. The van der Waals surface area contributed by atoms with Crippen LogP contribution in [-0.2, 0) is 15.7 Å². The van der Waals surface area contributed by atoms with Crippen LogP contribution in [-0.4, -0.2) is 51.1 Å². The fourth-order valence-electron chi connectivity index (χ4n) is 3.51. The van der Waals surface area contributed by atoms with Crippen LogP contribution in [0.15, 0.2) is 60.9 Å². The van der Waals surface area contributed by atoms with E-state index in [9.17, 15) is 29.1 Å². The van der Waals surface area contributed by atoms with Gasteiger partial charge in [0.2, 0.25) is 19.5 Å². The number of benzene rings is 2. The number of para-hydroxylation sites is 1. The van der Waals surface area contributed by atoms with E-state index in [-0.39, 0.29) is 24.7 Å². The predicted molar refractivity (Wildman–Crippen MR) is 135 cm³/mol. The third-order valence-corrected chi connectivity index (χ3v) is 8.05. The van der Waals surface area contributed by atoms with Gasteiger partial charge in [-0.1, -0.05) is 30.3 Å². The van der Waals surface area contributed by atoms with Gasteiger partial charge in [-0.05, 0) is 36.2 Å². The van der Waals surface area contributed by atoms with Gasteiger partial charge in [0.05, 0.1) is 12.9 Å². The Morgan fingerprint density at radius 2 is 1.86 bits per heavy atom. The van der Waals surface area contributed by atoms with Gasteiger partial charge in [0.1, 0.15) is 5.75 Å². The molecule has 12 nitrogen and oxygen atoms in total. The molecule has 2 heterocycles. The van der Waals surface area contributed by atoms with Crippen LogP contribution in [0.5, 0.6) is 5.75 Å². The fourth-order valence-corrected chi connectivity index (χ4v) is 4.63. The van der Waals surface area contributed by atoms with Crippen molar-refractivity contribution < 1.29 is 29.1 Å². The highest BCUT2D eigenvalue weighted by Crippen LogP contribution is 2.57. The number of anilines is 3. The number of rotatable bonds is 11. The fraction of sp³-hybridized carbons (Fsp3) is 0.227. The Labute approximate surface area is 207 Å². The molecule has 0 aliphatic carbocycles. The SMILES string of the molecule is O=PC(O)(CCCNc1nc(Nc2ccccc2)c2ncn(Cc3cccc(O)c3)c2n1)P(=O)(O)O. The molecule has 0 saturated carbocycles. The Morgan fingerprint density at radius 1 is 1.08 bits per heavy atom. The molecule has 0 radical (unpaired) electrons. The van der Waals surface area contributed by atoms with Crippen LogP contribution < -0.4 is 10.6 Å². The summed E-state index contributed by atoms with van der Waals surface area (Å²) in [6.45, 7) is 0.541. The highest BCUT2D eigenvalue weighted by Gasteiger charge is 2.46. The van der Waals surface area contributed by atoms with Gasteiger partial charge in [-0.3, -0.25) is 9.13 Å². The lowest BCUT2D eigenvalue weighted by molar-refractivity contribution is 0.157. The Hall–Kier alpha value is -3.40. The number of fused-ring (bicyclic) bond motifs is 1. The molecule has 0 aliphatic heterocycles. The molecule has 6 N–H and O–H groups in total. The quantitative estimate of drug-likeness (QED) is 0.123. The maximum atomic E-state index is 11.5. The average Bonchev–Trinajstić information content (AvgIpc) is 3.24. The van der Waals surface area contributed by atoms with Gasteiger partial charge in [-0.15, -0.1) is 0 Å². The topological polar surface area (TPSA) is 183 Å². The van der Waals surface area contributed by atoms with Crippen LogP contribution in [0, 0.1) is 0 Å². The summed E-state index contributed by atoms with van der Waals surface area (Å²) < 4.78 is 24.4. The van der Waals surface area contributed by atoms with Crippen LogP contribution >= 0.6 is 16.1 Å². The van der Waals surface area contributed by atoms with Crippen molar-refractivity contribution in [2.45, 2.75) is 24.5 Å². The van der Waals surface area contributed by atoms with Crippen molar-refractivity contribution in [1.82, 2.24) is 19.5 Å². The molecule has 1 unspecified atom stereocenters. The molecule has 2 aromatic heterocycles. The molecule has 14 heteroatoms. The van der Waals surface area contributed by atoms with E-state index < -0.39 is 27.6 Å². The van der Waals surface area contributed by atoms with E-state index in [1.165, 1.54) is 0 Å². The summed E-state index contributed by atoms with van der Waals surface area (Å²) in [5.74, 6) is 0.805. The maximum absolute atomic E-state index is 11.5. The molecular weight excluding hydrogens is 506 g/mol. The second-order valence-electron chi connectivity index (χ2n) is 8.04. The van der Waals surface area contributed by atoms with Crippen molar-refractivity contribution in [3.05, 3.63) is 66.5 Å². The number of phenolic OH excluding ortho intramolecular Hbond substituents is 1. The number of hydrogen-bond acceptors (Lipinski definition) is 9. The first-order chi connectivity index (χ1) is 17.2. The first-order valence-electron chi connectivity index (χ1n) is 10.9. The lowest BCUT2D eigenvalue weighted by Gasteiger charge is -2.21. The van der Waals surface area contributed by atoms with Crippen LogP contribution in [0.4, 0.5) is 17.5 Å². The second-order valence-corrected chi connectivity index (χ2v) is 11.1. The second kappa shape index (κ2) is 10.7. The van der Waals surface area contributed by atoms with Gasteiger partial charge in [0, 0.05) is 18.7 Å². The van der Waals surface area contributed by atoms with Crippen LogP contribution in [0.3, 0.4) is 0 Å². The third kappa shape index (κ3) is 5.87. The first kappa shape index (κ1) is 25.7. The number of imidazole rings is 1. The van der Waals surface area contributed by atoms with E-state index in [0.29, 0.717) is 23.5 Å². The van der Waals surface area contributed by atoms with Gasteiger partial charge < -0.3 is 35.2 Å². The van der Waals surface area contributed by atoms with Gasteiger partial charge >= 0.3 is 7.60 Å². The molecule has 1 atom stereocenters. The van der Waals surface area contributed by atoms with Crippen LogP contribution in [0.2, 0.25) is 0 Å². The Balaban J connectivity index is 1.60. The molecule has 0 fully saturated rings. The van der Waals surface area contributed by atoms with Crippen LogP contribution in [0.25, 0.3) is 11.2 Å². The van der Waals surface area contributed by atoms with Crippen molar-refractivity contribution in [3.63, 3.8) is 0 Å². The van der Waals surface area contributed by atoms with E-state index in [2.05, 4.69) is 25.6 Å². The van der Waals surface area contributed by atoms with E-state index in [0.717, 1.165) is 11.3 Å². The molecule has 188 valence electrons. The van der Waals surface area contributed by atoms with Crippen molar-refractivity contribution in [3.8, 4) is 5.75 Å². The van der Waals surface area contributed by atoms with Gasteiger partial charge in [-0.25, -0.2) is 4.98 Å². The molecule has 0 amide bonds. The van der Waals surface area contributed by atoms with Crippen LogP contribution in [0.1, 0.15) is 18.4 Å². The lowest BCUT2D eigenvalue weighted by atomic mass is 10.2. The maximum Gasteiger partial charge on any atom is 0.368 e. The molecule has 0 aliphatic rings. The summed E-state index contributed by atoms with van der Waals surface area (Å²) in [4.78, 5) is 32.1. The smallest absolute Gasteiger partial charge is 0.368 e. The molecule has 36 heavy (non-hydrogen) atoms. The minimum atomic E-state index is -4.98. The number of aliphatic hydroxyl groups is 1. The number of nitrogens with one attached hydrogen (secondary N) is 2. The summed E-state index contributed by atoms with van der Waals surface area (Å²) >= 11 is 0. The Kier molecular flexibility index (Phi) is 7.63. The molecule has 0 bridgehead atoms. The van der Waals surface area contributed by atoms with Crippen molar-refractivity contribution in [2.75, 3.05) is 17.2 Å². The summed E-state index contributed by atoms with van der Waals surface area (Å²) in [5.41, 5.74) is 2.66. The Morgan fingerprint density at radius 3 is 2.56 bits per heavy atom. The standard InChI is InChI=1S/C22H24N6O6P2/c29-17-9-4-6-15(12-17)13-28-14-24-18-19(25-16-7-2-1-3-8-16)26-21(27-20(18)28)23-11-5-10-22(30,35-31)36(32,33)34/h1-4,6-9,12,14,29-30H,5,10-11,13H2,(H2,32,33,34)(H2,23,25,26,27). The minimum absolute atomic E-state index is 0.0856. The summed E-state index contributed by atoms with van der Waals surface area (Å²) in [6, 6.07) is 16.2. The van der Waals surface area contributed by atoms with E-state index in [1.54, 1.807) is 29.1 Å². The summed E-state index contributed by atoms with van der Waals surface area (Å²) in [6.07, 6.45) is 1.31.